The largest absolute Gasteiger partial charge is 0.507 e. The number of ether oxygens (including phenoxy) is 1. The number of carbonyl (C=O) groups is 1. The number of methoxy groups -OCH3 is 1. The van der Waals surface area contributed by atoms with E-state index in [1.807, 2.05) is 4.90 Å². The zero-order valence-electron chi connectivity index (χ0n) is 11.1. The van der Waals surface area contributed by atoms with Gasteiger partial charge in [0.2, 0.25) is 0 Å². The molecule has 1 amide bonds. The van der Waals surface area contributed by atoms with Gasteiger partial charge in [0.1, 0.15) is 11.5 Å². The fraction of sp³-hybridized carbons (Fsp3) is 0.500. The molecule has 1 fully saturated rings. The first-order valence-electron chi connectivity index (χ1n) is 6.55. The first-order valence-corrected chi connectivity index (χ1v) is 6.55. The van der Waals surface area contributed by atoms with Crippen molar-refractivity contribution in [3.63, 3.8) is 0 Å². The van der Waals surface area contributed by atoms with Crippen molar-refractivity contribution in [2.45, 2.75) is 25.3 Å². The molecule has 1 aromatic rings. The number of phenols is 1. The van der Waals surface area contributed by atoms with Gasteiger partial charge in [0.25, 0.3) is 5.91 Å². The molecule has 0 atom stereocenters. The lowest BCUT2D eigenvalue weighted by Crippen LogP contribution is -2.34. The van der Waals surface area contributed by atoms with E-state index in [2.05, 4.69) is 0 Å². The second kappa shape index (κ2) is 5.93. The Morgan fingerprint density at radius 3 is 2.79 bits per heavy atom. The normalized spacial score (nSPS) is 14.2. The van der Waals surface area contributed by atoms with Gasteiger partial charge in [-0.3, -0.25) is 4.79 Å². The molecule has 2 rings (SSSR count). The number of hydrogen-bond acceptors (Lipinski definition) is 4. The predicted octanol–water partition coefficient (Wildman–Crippen LogP) is 1.35. The SMILES string of the molecule is COc1ccc(C(=O)N(CCCN)C2CC2)c(O)c1. The Bertz CT molecular complexity index is 458. The van der Waals surface area contributed by atoms with Crippen molar-refractivity contribution in [3.05, 3.63) is 23.8 Å². The molecule has 1 aromatic carbocycles. The number of hydrogen-bond donors (Lipinski definition) is 2. The van der Waals surface area contributed by atoms with Gasteiger partial charge in [0.15, 0.2) is 0 Å². The Morgan fingerprint density at radius 2 is 2.26 bits per heavy atom. The first-order chi connectivity index (χ1) is 9.17. The van der Waals surface area contributed by atoms with Crippen LogP contribution in [0.4, 0.5) is 0 Å². The maximum absolute atomic E-state index is 12.4. The first kappa shape index (κ1) is 13.7. The molecular weight excluding hydrogens is 244 g/mol. The Labute approximate surface area is 113 Å². The van der Waals surface area contributed by atoms with E-state index in [4.69, 9.17) is 10.5 Å². The summed E-state index contributed by atoms with van der Waals surface area (Å²) in [6.45, 7) is 1.20. The average molecular weight is 264 g/mol. The third-order valence-corrected chi connectivity index (χ3v) is 3.29. The summed E-state index contributed by atoms with van der Waals surface area (Å²) in [5, 5.41) is 9.92. The van der Waals surface area contributed by atoms with Gasteiger partial charge < -0.3 is 20.5 Å². The number of carbonyl (C=O) groups excluding carboxylic acids is 1. The van der Waals surface area contributed by atoms with E-state index < -0.39 is 0 Å². The smallest absolute Gasteiger partial charge is 0.257 e. The summed E-state index contributed by atoms with van der Waals surface area (Å²) in [6, 6.07) is 5.05. The highest BCUT2D eigenvalue weighted by Gasteiger charge is 2.33. The van der Waals surface area contributed by atoms with Gasteiger partial charge in [-0.1, -0.05) is 0 Å². The van der Waals surface area contributed by atoms with Crippen LogP contribution >= 0.6 is 0 Å². The molecule has 0 aliphatic heterocycles. The fourth-order valence-electron chi connectivity index (χ4n) is 2.07. The molecule has 0 bridgehead atoms. The topological polar surface area (TPSA) is 75.8 Å². The molecule has 5 nitrogen and oxygen atoms in total. The van der Waals surface area contributed by atoms with Crippen LogP contribution in [0, 0.1) is 0 Å². The number of nitrogens with zero attached hydrogens (tertiary/aromatic N) is 1. The van der Waals surface area contributed by atoms with Crippen LogP contribution in [0.15, 0.2) is 18.2 Å². The summed E-state index contributed by atoms with van der Waals surface area (Å²) in [6.07, 6.45) is 2.85. The Balaban J connectivity index is 2.16. The number of nitrogens with two attached hydrogens (primary N) is 1. The molecule has 5 heteroatoms. The Morgan fingerprint density at radius 1 is 1.53 bits per heavy atom. The number of rotatable bonds is 6. The Hall–Kier alpha value is -1.75. The van der Waals surface area contributed by atoms with Gasteiger partial charge >= 0.3 is 0 Å². The van der Waals surface area contributed by atoms with Crippen molar-refractivity contribution >= 4 is 5.91 Å². The van der Waals surface area contributed by atoms with E-state index in [1.165, 1.54) is 13.2 Å². The van der Waals surface area contributed by atoms with Crippen molar-refractivity contribution in [1.29, 1.82) is 0 Å². The van der Waals surface area contributed by atoms with Crippen molar-refractivity contribution in [1.82, 2.24) is 4.90 Å². The molecule has 0 saturated heterocycles. The van der Waals surface area contributed by atoms with Crippen LogP contribution in [0.1, 0.15) is 29.6 Å². The molecule has 0 radical (unpaired) electrons. The van der Waals surface area contributed by atoms with E-state index in [0.29, 0.717) is 30.4 Å². The van der Waals surface area contributed by atoms with Crippen molar-refractivity contribution in [3.8, 4) is 11.5 Å². The van der Waals surface area contributed by atoms with E-state index in [1.54, 1.807) is 12.1 Å². The predicted molar refractivity (Wildman–Crippen MR) is 72.4 cm³/mol. The Kier molecular flexibility index (Phi) is 4.27. The van der Waals surface area contributed by atoms with Crippen LogP contribution < -0.4 is 10.5 Å². The molecule has 1 saturated carbocycles. The molecule has 0 aromatic heterocycles. The zero-order chi connectivity index (χ0) is 13.8. The summed E-state index contributed by atoms with van der Waals surface area (Å²) in [5.74, 6) is 0.368. The third kappa shape index (κ3) is 3.17. The van der Waals surface area contributed by atoms with E-state index in [0.717, 1.165) is 19.3 Å². The van der Waals surface area contributed by atoms with Gasteiger partial charge in [-0.25, -0.2) is 0 Å². The van der Waals surface area contributed by atoms with Crippen LogP contribution in [0.25, 0.3) is 0 Å². The summed E-state index contributed by atoms with van der Waals surface area (Å²) < 4.78 is 5.01. The van der Waals surface area contributed by atoms with Crippen LogP contribution in [-0.2, 0) is 0 Å². The highest BCUT2D eigenvalue weighted by atomic mass is 16.5. The van der Waals surface area contributed by atoms with Crippen LogP contribution in [-0.4, -0.2) is 42.2 Å². The van der Waals surface area contributed by atoms with Gasteiger partial charge in [-0.2, -0.15) is 0 Å². The highest BCUT2D eigenvalue weighted by molar-refractivity contribution is 5.97. The van der Waals surface area contributed by atoms with E-state index in [-0.39, 0.29) is 11.7 Å². The monoisotopic (exact) mass is 264 g/mol. The molecule has 1 aliphatic rings. The quantitative estimate of drug-likeness (QED) is 0.813. The molecule has 3 N–H and O–H groups in total. The van der Waals surface area contributed by atoms with Crippen molar-refractivity contribution < 1.29 is 14.6 Å². The van der Waals surface area contributed by atoms with Gasteiger partial charge in [-0.15, -0.1) is 0 Å². The fourth-order valence-corrected chi connectivity index (χ4v) is 2.07. The summed E-state index contributed by atoms with van der Waals surface area (Å²) in [5.41, 5.74) is 5.82. The second-order valence-corrected chi connectivity index (χ2v) is 4.76. The maximum atomic E-state index is 12.4. The lowest BCUT2D eigenvalue weighted by Gasteiger charge is -2.22. The van der Waals surface area contributed by atoms with Crippen LogP contribution in [0.3, 0.4) is 0 Å². The zero-order valence-corrected chi connectivity index (χ0v) is 11.1. The maximum Gasteiger partial charge on any atom is 0.257 e. The second-order valence-electron chi connectivity index (χ2n) is 4.76. The van der Waals surface area contributed by atoms with Crippen LogP contribution in [0.5, 0.6) is 11.5 Å². The number of amides is 1. The van der Waals surface area contributed by atoms with E-state index in [9.17, 15) is 9.90 Å². The van der Waals surface area contributed by atoms with E-state index >= 15 is 0 Å². The van der Waals surface area contributed by atoms with Gasteiger partial charge in [0.05, 0.1) is 12.7 Å². The number of phenolic OH excluding ortho intramolecular Hbond substituents is 1. The lowest BCUT2D eigenvalue weighted by molar-refractivity contribution is 0.0739. The average Bonchev–Trinajstić information content (AvgIpc) is 3.23. The van der Waals surface area contributed by atoms with Crippen molar-refractivity contribution in [2.75, 3.05) is 20.2 Å². The highest BCUT2D eigenvalue weighted by Crippen LogP contribution is 2.31. The minimum absolute atomic E-state index is 0.0391. The minimum atomic E-state index is -0.129. The molecule has 1 aliphatic carbocycles. The van der Waals surface area contributed by atoms with Crippen LogP contribution in [0.2, 0.25) is 0 Å². The number of aromatic hydroxyl groups is 1. The molecule has 0 unspecified atom stereocenters. The summed E-state index contributed by atoms with van der Waals surface area (Å²) >= 11 is 0. The number of benzene rings is 1. The molecule has 104 valence electrons. The van der Waals surface area contributed by atoms with Gasteiger partial charge in [0, 0.05) is 18.7 Å². The molecular formula is C14H20N2O3. The molecule has 0 spiro atoms. The summed E-state index contributed by atoms with van der Waals surface area (Å²) in [4.78, 5) is 14.3. The standard InChI is InChI=1S/C14H20N2O3/c1-19-11-5-6-12(13(17)9-11)14(18)16(8-2-7-15)10-3-4-10/h5-6,9-10,17H,2-4,7-8,15H2,1H3. The third-order valence-electron chi connectivity index (χ3n) is 3.29. The van der Waals surface area contributed by atoms with Crippen molar-refractivity contribution in [2.24, 2.45) is 5.73 Å². The molecule has 19 heavy (non-hydrogen) atoms. The van der Waals surface area contributed by atoms with Gasteiger partial charge in [-0.05, 0) is 37.9 Å². The lowest BCUT2D eigenvalue weighted by atomic mass is 10.1. The minimum Gasteiger partial charge on any atom is -0.507 e. The molecule has 0 heterocycles. The summed E-state index contributed by atoms with van der Waals surface area (Å²) in [7, 11) is 1.52.